The van der Waals surface area contributed by atoms with Crippen LogP contribution in [0.1, 0.15) is 29.0 Å². The minimum Gasteiger partial charge on any atom is -0.361 e. The molecule has 1 amide bonds. The second-order valence-corrected chi connectivity index (χ2v) is 3.93. The van der Waals surface area contributed by atoms with E-state index in [0.717, 1.165) is 25.9 Å². The Bertz CT molecular complexity index is 353. The zero-order valence-electron chi connectivity index (χ0n) is 8.77. The highest BCUT2D eigenvalue weighted by molar-refractivity contribution is 5.94. The molecule has 1 aromatic rings. The van der Waals surface area contributed by atoms with Crippen molar-refractivity contribution in [2.24, 2.45) is 5.73 Å². The van der Waals surface area contributed by atoms with Crippen LogP contribution in [0.25, 0.3) is 0 Å². The smallest absolute Gasteiger partial charge is 0.259 e. The maximum absolute atomic E-state index is 12.0. The molecule has 1 fully saturated rings. The average molecular weight is 209 g/mol. The molecule has 0 saturated carbocycles. The van der Waals surface area contributed by atoms with Crippen LogP contribution in [0.2, 0.25) is 0 Å². The fourth-order valence-electron chi connectivity index (χ4n) is 1.78. The summed E-state index contributed by atoms with van der Waals surface area (Å²) in [5.74, 6) is 0.579. The first-order valence-electron chi connectivity index (χ1n) is 5.14. The first-order valence-corrected chi connectivity index (χ1v) is 5.14. The molecule has 1 aromatic heterocycles. The first-order chi connectivity index (χ1) is 7.18. The highest BCUT2D eigenvalue weighted by Crippen LogP contribution is 2.14. The van der Waals surface area contributed by atoms with Gasteiger partial charge in [0.25, 0.3) is 5.91 Å². The van der Waals surface area contributed by atoms with E-state index in [2.05, 4.69) is 5.16 Å². The van der Waals surface area contributed by atoms with Crippen LogP contribution >= 0.6 is 0 Å². The minimum absolute atomic E-state index is 0.000602. The molecule has 2 N–H and O–H groups in total. The van der Waals surface area contributed by atoms with Crippen molar-refractivity contribution in [1.29, 1.82) is 0 Å². The Balaban J connectivity index is 2.06. The Morgan fingerprint density at radius 1 is 1.60 bits per heavy atom. The Hall–Kier alpha value is -1.36. The summed E-state index contributed by atoms with van der Waals surface area (Å²) in [5, 5.41) is 3.61. The number of aromatic nitrogens is 1. The molecule has 15 heavy (non-hydrogen) atoms. The van der Waals surface area contributed by atoms with Crippen LogP contribution in [-0.4, -0.2) is 35.1 Å². The van der Waals surface area contributed by atoms with Gasteiger partial charge in [0.05, 0.1) is 6.20 Å². The lowest BCUT2D eigenvalue weighted by Crippen LogP contribution is -2.42. The van der Waals surface area contributed by atoms with Crippen LogP contribution in [0, 0.1) is 6.92 Å². The van der Waals surface area contributed by atoms with Gasteiger partial charge in [-0.05, 0) is 19.8 Å². The van der Waals surface area contributed by atoms with Gasteiger partial charge < -0.3 is 15.2 Å². The lowest BCUT2D eigenvalue weighted by atomic mass is 10.1. The molecule has 0 bridgehead atoms. The van der Waals surface area contributed by atoms with Crippen molar-refractivity contribution in [3.63, 3.8) is 0 Å². The molecule has 2 rings (SSSR count). The number of hydrogen-bond acceptors (Lipinski definition) is 4. The zero-order valence-corrected chi connectivity index (χ0v) is 8.77. The van der Waals surface area contributed by atoms with Crippen LogP contribution in [0.15, 0.2) is 10.7 Å². The van der Waals surface area contributed by atoms with E-state index in [4.69, 9.17) is 10.3 Å². The van der Waals surface area contributed by atoms with Gasteiger partial charge in [0.1, 0.15) is 11.3 Å². The molecule has 0 atom stereocenters. The molecule has 0 spiro atoms. The van der Waals surface area contributed by atoms with E-state index in [-0.39, 0.29) is 11.9 Å². The maximum atomic E-state index is 12.0. The molecule has 1 aliphatic heterocycles. The second-order valence-electron chi connectivity index (χ2n) is 3.93. The Labute approximate surface area is 88.2 Å². The van der Waals surface area contributed by atoms with E-state index in [9.17, 15) is 4.79 Å². The van der Waals surface area contributed by atoms with Crippen molar-refractivity contribution in [3.05, 3.63) is 17.5 Å². The summed E-state index contributed by atoms with van der Waals surface area (Å²) in [6.45, 7) is 3.20. The molecule has 0 unspecified atom stereocenters. The van der Waals surface area contributed by atoms with Crippen LogP contribution < -0.4 is 5.73 Å². The lowest BCUT2D eigenvalue weighted by molar-refractivity contribution is 0.0713. The summed E-state index contributed by atoms with van der Waals surface area (Å²) in [6, 6.07) is 0.234. The van der Waals surface area contributed by atoms with Crippen LogP contribution in [0.3, 0.4) is 0 Å². The van der Waals surface area contributed by atoms with E-state index >= 15 is 0 Å². The van der Waals surface area contributed by atoms with Gasteiger partial charge >= 0.3 is 0 Å². The quantitative estimate of drug-likeness (QED) is 0.733. The highest BCUT2D eigenvalue weighted by atomic mass is 16.5. The third-order valence-electron chi connectivity index (χ3n) is 2.81. The van der Waals surface area contributed by atoms with Gasteiger partial charge in [-0.15, -0.1) is 0 Å². The van der Waals surface area contributed by atoms with Crippen molar-refractivity contribution in [1.82, 2.24) is 10.1 Å². The number of amides is 1. The van der Waals surface area contributed by atoms with E-state index in [1.54, 1.807) is 6.92 Å². The highest BCUT2D eigenvalue weighted by Gasteiger charge is 2.24. The Kier molecular flexibility index (Phi) is 2.73. The zero-order chi connectivity index (χ0) is 10.8. The molecule has 82 valence electrons. The SMILES string of the molecule is Cc1oncc1C(=O)N1CCC(N)CC1. The summed E-state index contributed by atoms with van der Waals surface area (Å²) < 4.78 is 4.88. The Morgan fingerprint density at radius 2 is 2.27 bits per heavy atom. The van der Waals surface area contributed by atoms with Crippen LogP contribution in [0.4, 0.5) is 0 Å². The molecule has 5 heteroatoms. The summed E-state index contributed by atoms with van der Waals surface area (Å²) in [6.07, 6.45) is 3.22. The molecule has 5 nitrogen and oxygen atoms in total. The van der Waals surface area contributed by atoms with Crippen LogP contribution in [0.5, 0.6) is 0 Å². The monoisotopic (exact) mass is 209 g/mol. The number of carbonyl (C=O) groups is 1. The molecule has 2 heterocycles. The van der Waals surface area contributed by atoms with Gasteiger partial charge in [0.2, 0.25) is 0 Å². The van der Waals surface area contributed by atoms with Gasteiger partial charge in [0.15, 0.2) is 0 Å². The van der Waals surface area contributed by atoms with Gasteiger partial charge in [-0.25, -0.2) is 0 Å². The van der Waals surface area contributed by atoms with Crippen molar-refractivity contribution >= 4 is 5.91 Å². The largest absolute Gasteiger partial charge is 0.361 e. The molecule has 0 aliphatic carbocycles. The summed E-state index contributed by atoms with van der Waals surface area (Å²) in [5.41, 5.74) is 6.34. The van der Waals surface area contributed by atoms with E-state index in [0.29, 0.717) is 11.3 Å². The van der Waals surface area contributed by atoms with Crippen molar-refractivity contribution in [2.45, 2.75) is 25.8 Å². The summed E-state index contributed by atoms with van der Waals surface area (Å²) in [7, 11) is 0. The number of nitrogens with two attached hydrogens (primary N) is 1. The Morgan fingerprint density at radius 3 is 2.80 bits per heavy atom. The normalized spacial score (nSPS) is 18.1. The van der Waals surface area contributed by atoms with Gasteiger partial charge in [-0.3, -0.25) is 4.79 Å². The van der Waals surface area contributed by atoms with E-state index < -0.39 is 0 Å². The summed E-state index contributed by atoms with van der Waals surface area (Å²) >= 11 is 0. The third-order valence-corrected chi connectivity index (χ3v) is 2.81. The third kappa shape index (κ3) is 2.02. The fourth-order valence-corrected chi connectivity index (χ4v) is 1.78. The first kappa shape index (κ1) is 10.2. The summed E-state index contributed by atoms with van der Waals surface area (Å²) in [4.78, 5) is 13.8. The standard InChI is InChI=1S/C10H15N3O2/c1-7-9(6-12-15-7)10(14)13-4-2-8(11)3-5-13/h6,8H,2-5,11H2,1H3. The van der Waals surface area contributed by atoms with Crippen molar-refractivity contribution in [2.75, 3.05) is 13.1 Å². The number of aryl methyl sites for hydroxylation is 1. The van der Waals surface area contributed by atoms with Crippen LogP contribution in [-0.2, 0) is 0 Å². The number of rotatable bonds is 1. The minimum atomic E-state index is 0.000602. The molecule has 0 radical (unpaired) electrons. The van der Waals surface area contributed by atoms with Gasteiger partial charge in [0, 0.05) is 19.1 Å². The molecule has 1 saturated heterocycles. The number of nitrogens with zero attached hydrogens (tertiary/aromatic N) is 2. The molecular weight excluding hydrogens is 194 g/mol. The average Bonchev–Trinajstić information content (AvgIpc) is 2.65. The van der Waals surface area contributed by atoms with E-state index in [1.165, 1.54) is 6.20 Å². The maximum Gasteiger partial charge on any atom is 0.259 e. The predicted octanol–water partition coefficient (Wildman–Crippen LogP) is 0.546. The predicted molar refractivity (Wildman–Crippen MR) is 54.4 cm³/mol. The fraction of sp³-hybridized carbons (Fsp3) is 0.600. The number of carbonyl (C=O) groups excluding carboxylic acids is 1. The number of hydrogen-bond donors (Lipinski definition) is 1. The topological polar surface area (TPSA) is 72.4 Å². The lowest BCUT2D eigenvalue weighted by Gasteiger charge is -2.29. The van der Waals surface area contributed by atoms with Crippen molar-refractivity contribution in [3.8, 4) is 0 Å². The van der Waals surface area contributed by atoms with Crippen molar-refractivity contribution < 1.29 is 9.32 Å². The molecular formula is C10H15N3O2. The van der Waals surface area contributed by atoms with Gasteiger partial charge in [-0.1, -0.05) is 5.16 Å². The molecule has 1 aliphatic rings. The van der Waals surface area contributed by atoms with Gasteiger partial charge in [-0.2, -0.15) is 0 Å². The molecule has 0 aromatic carbocycles. The van der Waals surface area contributed by atoms with E-state index in [1.807, 2.05) is 4.90 Å². The number of likely N-dealkylation sites (tertiary alicyclic amines) is 1. The number of piperidine rings is 1. The second kappa shape index (κ2) is 4.02.